The van der Waals surface area contributed by atoms with Crippen LogP contribution in [-0.4, -0.2) is 37.2 Å². The topological polar surface area (TPSA) is 58.2 Å². The smallest absolute Gasteiger partial charge is 0.220 e. The molecule has 4 nitrogen and oxygen atoms in total. The van der Waals surface area contributed by atoms with Crippen LogP contribution in [0.5, 0.6) is 0 Å². The molecule has 0 aliphatic rings. The highest BCUT2D eigenvalue weighted by Crippen LogP contribution is 2.27. The summed E-state index contributed by atoms with van der Waals surface area (Å²) in [6.45, 7) is 8.49. The van der Waals surface area contributed by atoms with Crippen LogP contribution in [0.3, 0.4) is 0 Å². The summed E-state index contributed by atoms with van der Waals surface area (Å²) < 4.78 is 27.1. The third kappa shape index (κ3) is 11.5. The normalized spacial score (nSPS) is 16.5. The summed E-state index contributed by atoms with van der Waals surface area (Å²) in [7, 11) is 0. The van der Waals surface area contributed by atoms with Gasteiger partial charge in [0.25, 0.3) is 0 Å². The molecule has 0 aromatic rings. The SMILES string of the molecule is CCCCC(C(C)CCC(=O)N[C@H](CF)C(CC)CCCC)[C@H](CF)NC(C)=O. The van der Waals surface area contributed by atoms with Crippen molar-refractivity contribution in [2.45, 2.75) is 104 Å². The predicted molar refractivity (Wildman–Crippen MR) is 116 cm³/mol. The third-order valence-corrected chi connectivity index (χ3v) is 6.05. The second-order valence-electron chi connectivity index (χ2n) is 8.42. The van der Waals surface area contributed by atoms with Crippen molar-refractivity contribution in [2.24, 2.45) is 17.8 Å². The highest BCUT2D eigenvalue weighted by Gasteiger charge is 2.28. The molecule has 0 heterocycles. The van der Waals surface area contributed by atoms with Crippen LogP contribution in [0.2, 0.25) is 0 Å². The van der Waals surface area contributed by atoms with E-state index in [1.54, 1.807) is 0 Å². The molecule has 0 aromatic carbocycles. The number of alkyl halides is 2. The van der Waals surface area contributed by atoms with E-state index in [0.29, 0.717) is 12.8 Å². The van der Waals surface area contributed by atoms with E-state index in [1.165, 1.54) is 6.92 Å². The maximum Gasteiger partial charge on any atom is 0.220 e. The molecule has 0 radical (unpaired) electrons. The van der Waals surface area contributed by atoms with E-state index >= 15 is 0 Å². The summed E-state index contributed by atoms with van der Waals surface area (Å²) in [4.78, 5) is 23.9. The fourth-order valence-corrected chi connectivity index (χ4v) is 4.13. The lowest BCUT2D eigenvalue weighted by Crippen LogP contribution is -2.44. The van der Waals surface area contributed by atoms with Crippen molar-refractivity contribution >= 4 is 11.8 Å². The maximum atomic E-state index is 13.6. The Bertz CT molecular complexity index is 449. The summed E-state index contributed by atoms with van der Waals surface area (Å²) in [5, 5.41) is 5.61. The van der Waals surface area contributed by atoms with Gasteiger partial charge in [-0.3, -0.25) is 9.59 Å². The van der Waals surface area contributed by atoms with Gasteiger partial charge in [0.2, 0.25) is 11.8 Å². The zero-order chi connectivity index (χ0) is 22.2. The average molecular weight is 419 g/mol. The van der Waals surface area contributed by atoms with E-state index in [-0.39, 0.29) is 29.6 Å². The van der Waals surface area contributed by atoms with Crippen LogP contribution in [0.1, 0.15) is 92.4 Å². The van der Waals surface area contributed by atoms with Crippen molar-refractivity contribution in [1.82, 2.24) is 10.6 Å². The average Bonchev–Trinajstić information content (AvgIpc) is 2.70. The van der Waals surface area contributed by atoms with Gasteiger partial charge in [-0.1, -0.05) is 59.8 Å². The molecular formula is C23H44F2N2O2. The van der Waals surface area contributed by atoms with Crippen LogP contribution in [0.15, 0.2) is 0 Å². The zero-order valence-electron chi connectivity index (χ0n) is 19.2. The Morgan fingerprint density at radius 1 is 0.862 bits per heavy atom. The number of rotatable bonds is 17. The van der Waals surface area contributed by atoms with Crippen molar-refractivity contribution in [2.75, 3.05) is 13.3 Å². The molecule has 0 saturated carbocycles. The zero-order valence-corrected chi connectivity index (χ0v) is 19.2. The molecular weight excluding hydrogens is 374 g/mol. The first-order valence-electron chi connectivity index (χ1n) is 11.5. The standard InChI is InChI=1S/C23H44F2N2O2/c1-6-9-11-19(8-3)21(15-24)27-23(29)14-13-17(4)20(12-10-7-2)22(16-25)26-18(5)28/h17,19-22H,6-16H2,1-5H3,(H,26,28)(H,27,29)/t17?,19?,20?,21-,22+/m1/s1. The van der Waals surface area contributed by atoms with Crippen LogP contribution in [-0.2, 0) is 9.59 Å². The van der Waals surface area contributed by atoms with Gasteiger partial charge in [0.05, 0.1) is 12.1 Å². The van der Waals surface area contributed by atoms with Crippen LogP contribution in [0.4, 0.5) is 8.78 Å². The Morgan fingerprint density at radius 2 is 1.45 bits per heavy atom. The quantitative estimate of drug-likeness (QED) is 0.334. The molecule has 0 fully saturated rings. The number of unbranched alkanes of at least 4 members (excludes halogenated alkanes) is 2. The van der Waals surface area contributed by atoms with Crippen molar-refractivity contribution in [1.29, 1.82) is 0 Å². The second kappa shape index (κ2) is 16.6. The van der Waals surface area contributed by atoms with E-state index in [1.807, 2.05) is 13.8 Å². The first kappa shape index (κ1) is 27.8. The van der Waals surface area contributed by atoms with Gasteiger partial charge >= 0.3 is 0 Å². The summed E-state index contributed by atoms with van der Waals surface area (Å²) in [5.41, 5.74) is 0. The summed E-state index contributed by atoms with van der Waals surface area (Å²) in [6.07, 6.45) is 7.53. The Kier molecular flexibility index (Phi) is 15.9. The molecule has 2 amide bonds. The molecule has 6 heteroatoms. The van der Waals surface area contributed by atoms with E-state index in [0.717, 1.165) is 44.9 Å². The van der Waals surface area contributed by atoms with Gasteiger partial charge < -0.3 is 10.6 Å². The van der Waals surface area contributed by atoms with Gasteiger partial charge in [-0.2, -0.15) is 0 Å². The molecule has 172 valence electrons. The number of halogens is 2. The van der Waals surface area contributed by atoms with Crippen molar-refractivity contribution in [3.63, 3.8) is 0 Å². The van der Waals surface area contributed by atoms with E-state index in [4.69, 9.17) is 0 Å². The number of hydrogen-bond donors (Lipinski definition) is 2. The summed E-state index contributed by atoms with van der Waals surface area (Å²) >= 11 is 0. The lowest BCUT2D eigenvalue weighted by Gasteiger charge is -2.31. The van der Waals surface area contributed by atoms with Gasteiger partial charge in [-0.15, -0.1) is 0 Å². The van der Waals surface area contributed by atoms with Gasteiger partial charge in [0.1, 0.15) is 13.3 Å². The molecule has 0 bridgehead atoms. The number of amides is 2. The molecule has 3 unspecified atom stereocenters. The van der Waals surface area contributed by atoms with Gasteiger partial charge in [-0.25, -0.2) is 8.78 Å². The fraction of sp³-hybridized carbons (Fsp3) is 0.913. The molecule has 0 aliphatic carbocycles. The Balaban J connectivity index is 4.82. The highest BCUT2D eigenvalue weighted by molar-refractivity contribution is 5.76. The van der Waals surface area contributed by atoms with Crippen molar-refractivity contribution in [3.05, 3.63) is 0 Å². The predicted octanol–water partition coefficient (Wildman–Crippen LogP) is 5.35. The molecule has 29 heavy (non-hydrogen) atoms. The highest BCUT2D eigenvalue weighted by atomic mass is 19.1. The molecule has 0 rings (SSSR count). The van der Waals surface area contributed by atoms with E-state index in [9.17, 15) is 18.4 Å². The summed E-state index contributed by atoms with van der Waals surface area (Å²) in [5.74, 6) is -0.135. The molecule has 0 saturated heterocycles. The van der Waals surface area contributed by atoms with Crippen molar-refractivity contribution in [3.8, 4) is 0 Å². The number of hydrogen-bond acceptors (Lipinski definition) is 2. The van der Waals surface area contributed by atoms with Gasteiger partial charge in [-0.05, 0) is 37.0 Å². The minimum atomic E-state index is -0.607. The van der Waals surface area contributed by atoms with Crippen LogP contribution in [0, 0.1) is 17.8 Å². The number of nitrogens with one attached hydrogen (secondary N) is 2. The third-order valence-electron chi connectivity index (χ3n) is 6.05. The van der Waals surface area contributed by atoms with Crippen molar-refractivity contribution < 1.29 is 18.4 Å². The van der Waals surface area contributed by atoms with Gasteiger partial charge in [0.15, 0.2) is 0 Å². The first-order valence-corrected chi connectivity index (χ1v) is 11.5. The number of carbonyl (C=O) groups is 2. The maximum absolute atomic E-state index is 13.6. The number of carbonyl (C=O) groups excluding carboxylic acids is 2. The largest absolute Gasteiger partial charge is 0.351 e. The Morgan fingerprint density at radius 3 is 1.93 bits per heavy atom. The lowest BCUT2D eigenvalue weighted by molar-refractivity contribution is -0.123. The lowest BCUT2D eigenvalue weighted by atomic mass is 9.81. The Hall–Kier alpha value is -1.20. The second-order valence-corrected chi connectivity index (χ2v) is 8.42. The van der Waals surface area contributed by atoms with E-state index < -0.39 is 25.4 Å². The fourth-order valence-electron chi connectivity index (χ4n) is 4.13. The molecule has 0 aliphatic heterocycles. The monoisotopic (exact) mass is 418 g/mol. The minimum Gasteiger partial charge on any atom is -0.351 e. The summed E-state index contributed by atoms with van der Waals surface area (Å²) in [6, 6.07) is -0.947. The molecule has 5 atom stereocenters. The van der Waals surface area contributed by atoms with Crippen LogP contribution in [0.25, 0.3) is 0 Å². The molecule has 0 spiro atoms. The van der Waals surface area contributed by atoms with Gasteiger partial charge in [0, 0.05) is 13.3 Å². The first-order chi connectivity index (χ1) is 13.8. The minimum absolute atomic E-state index is 0.0124. The molecule has 2 N–H and O–H groups in total. The van der Waals surface area contributed by atoms with E-state index in [2.05, 4.69) is 24.5 Å². The van der Waals surface area contributed by atoms with Crippen LogP contribution >= 0.6 is 0 Å². The van der Waals surface area contributed by atoms with Crippen LogP contribution < -0.4 is 10.6 Å². The Labute approximate surface area is 177 Å². The molecule has 0 aromatic heterocycles.